The molecule has 0 bridgehead atoms. The molecule has 0 saturated carbocycles. The third-order valence-corrected chi connectivity index (χ3v) is 3.86. The van der Waals surface area contributed by atoms with Gasteiger partial charge in [-0.25, -0.2) is 22.8 Å². The van der Waals surface area contributed by atoms with Gasteiger partial charge in [-0.05, 0) is 19.1 Å². The SMILES string of the molecule is COc1ccc(F)c(S(=O)(=O)Nc2cnc(C)nc2)c1. The van der Waals surface area contributed by atoms with Crippen LogP contribution in [0.1, 0.15) is 5.82 Å². The Morgan fingerprint density at radius 3 is 2.50 bits per heavy atom. The van der Waals surface area contributed by atoms with Crippen molar-refractivity contribution >= 4 is 15.7 Å². The molecule has 1 aromatic carbocycles. The van der Waals surface area contributed by atoms with Gasteiger partial charge in [-0.1, -0.05) is 0 Å². The number of benzene rings is 1. The normalized spacial score (nSPS) is 11.2. The molecule has 1 heterocycles. The van der Waals surface area contributed by atoms with Gasteiger partial charge in [-0.3, -0.25) is 4.72 Å². The number of methoxy groups -OCH3 is 1. The number of nitrogens with zero attached hydrogens (tertiary/aromatic N) is 2. The van der Waals surface area contributed by atoms with Crippen molar-refractivity contribution in [3.05, 3.63) is 42.2 Å². The molecule has 0 spiro atoms. The summed E-state index contributed by atoms with van der Waals surface area (Å²) >= 11 is 0. The van der Waals surface area contributed by atoms with Crippen LogP contribution in [0.3, 0.4) is 0 Å². The van der Waals surface area contributed by atoms with Gasteiger partial charge in [0.05, 0.1) is 25.2 Å². The largest absolute Gasteiger partial charge is 0.497 e. The van der Waals surface area contributed by atoms with E-state index < -0.39 is 20.7 Å². The summed E-state index contributed by atoms with van der Waals surface area (Å²) in [6.45, 7) is 1.67. The molecule has 20 heavy (non-hydrogen) atoms. The first-order chi connectivity index (χ1) is 9.42. The Kier molecular flexibility index (Phi) is 3.84. The molecule has 2 rings (SSSR count). The fraction of sp³-hybridized carbons (Fsp3) is 0.167. The van der Waals surface area contributed by atoms with Crippen LogP contribution in [-0.2, 0) is 10.0 Å². The number of rotatable bonds is 4. The smallest absolute Gasteiger partial charge is 0.265 e. The predicted molar refractivity (Wildman–Crippen MR) is 70.5 cm³/mol. The fourth-order valence-corrected chi connectivity index (χ4v) is 2.59. The summed E-state index contributed by atoms with van der Waals surface area (Å²) in [6, 6.07) is 3.47. The lowest BCUT2D eigenvalue weighted by atomic mass is 10.3. The number of anilines is 1. The van der Waals surface area contributed by atoms with E-state index >= 15 is 0 Å². The quantitative estimate of drug-likeness (QED) is 0.929. The van der Waals surface area contributed by atoms with Crippen LogP contribution in [0.2, 0.25) is 0 Å². The van der Waals surface area contributed by atoms with Gasteiger partial charge in [0.1, 0.15) is 22.3 Å². The maximum absolute atomic E-state index is 13.7. The first-order valence-corrected chi connectivity index (χ1v) is 7.06. The van der Waals surface area contributed by atoms with E-state index in [0.717, 1.165) is 12.1 Å². The third-order valence-electron chi connectivity index (χ3n) is 2.46. The van der Waals surface area contributed by atoms with Crippen LogP contribution < -0.4 is 9.46 Å². The van der Waals surface area contributed by atoms with Gasteiger partial charge < -0.3 is 4.74 Å². The fourth-order valence-electron chi connectivity index (χ4n) is 1.47. The number of aryl methyl sites for hydroxylation is 1. The molecular formula is C12H12FN3O3S. The average Bonchev–Trinajstić information content (AvgIpc) is 2.41. The van der Waals surface area contributed by atoms with Crippen molar-refractivity contribution in [3.63, 3.8) is 0 Å². The lowest BCUT2D eigenvalue weighted by molar-refractivity contribution is 0.411. The molecule has 0 fully saturated rings. The Hall–Kier alpha value is -2.22. The Morgan fingerprint density at radius 2 is 1.90 bits per heavy atom. The maximum atomic E-state index is 13.7. The minimum atomic E-state index is -4.07. The van der Waals surface area contributed by atoms with Crippen LogP contribution in [0.4, 0.5) is 10.1 Å². The minimum absolute atomic E-state index is 0.151. The number of aromatic nitrogens is 2. The van der Waals surface area contributed by atoms with Gasteiger partial charge >= 0.3 is 0 Å². The van der Waals surface area contributed by atoms with Crippen molar-refractivity contribution in [3.8, 4) is 5.75 Å². The molecule has 0 atom stereocenters. The van der Waals surface area contributed by atoms with Crippen molar-refractivity contribution in [1.82, 2.24) is 9.97 Å². The van der Waals surface area contributed by atoms with Crippen molar-refractivity contribution in [2.24, 2.45) is 0 Å². The van der Waals surface area contributed by atoms with E-state index in [4.69, 9.17) is 4.74 Å². The van der Waals surface area contributed by atoms with E-state index in [1.807, 2.05) is 0 Å². The predicted octanol–water partition coefficient (Wildman–Crippen LogP) is 1.73. The summed E-state index contributed by atoms with van der Waals surface area (Å²) in [5, 5.41) is 0. The summed E-state index contributed by atoms with van der Waals surface area (Å²) < 4.78 is 45.0. The van der Waals surface area contributed by atoms with Gasteiger partial charge in [0.25, 0.3) is 10.0 Å². The maximum Gasteiger partial charge on any atom is 0.265 e. The van der Waals surface area contributed by atoms with Crippen LogP contribution in [0.15, 0.2) is 35.5 Å². The van der Waals surface area contributed by atoms with Crippen LogP contribution >= 0.6 is 0 Å². The van der Waals surface area contributed by atoms with Crippen LogP contribution in [0.25, 0.3) is 0 Å². The van der Waals surface area contributed by atoms with Gasteiger partial charge in [0, 0.05) is 6.07 Å². The van der Waals surface area contributed by atoms with E-state index in [1.165, 1.54) is 25.6 Å². The molecule has 0 saturated heterocycles. The molecule has 0 amide bonds. The second-order valence-electron chi connectivity index (χ2n) is 3.92. The summed E-state index contributed by atoms with van der Waals surface area (Å²) in [4.78, 5) is 7.21. The minimum Gasteiger partial charge on any atom is -0.497 e. The topological polar surface area (TPSA) is 81.2 Å². The van der Waals surface area contributed by atoms with E-state index in [-0.39, 0.29) is 11.4 Å². The molecule has 0 aliphatic rings. The Labute approximate surface area is 115 Å². The molecule has 1 N–H and O–H groups in total. The zero-order valence-corrected chi connectivity index (χ0v) is 11.6. The second kappa shape index (κ2) is 5.41. The Bertz CT molecular complexity index is 717. The van der Waals surface area contributed by atoms with Crippen LogP contribution in [-0.4, -0.2) is 25.5 Å². The first-order valence-electron chi connectivity index (χ1n) is 5.57. The van der Waals surface area contributed by atoms with E-state index in [0.29, 0.717) is 5.82 Å². The van der Waals surface area contributed by atoms with Crippen molar-refractivity contribution < 1.29 is 17.5 Å². The highest BCUT2D eigenvalue weighted by Gasteiger charge is 2.20. The standard InChI is InChI=1S/C12H12FN3O3S/c1-8-14-6-9(7-15-8)16-20(17,18)12-5-10(19-2)3-4-11(12)13/h3-7,16H,1-2H3. The molecule has 0 radical (unpaired) electrons. The van der Waals surface area contributed by atoms with Crippen LogP contribution in [0.5, 0.6) is 5.75 Å². The van der Waals surface area contributed by atoms with Crippen molar-refractivity contribution in [1.29, 1.82) is 0 Å². The number of hydrogen-bond acceptors (Lipinski definition) is 5. The molecule has 8 heteroatoms. The Balaban J connectivity index is 2.37. The van der Waals surface area contributed by atoms with E-state index in [2.05, 4.69) is 14.7 Å². The third kappa shape index (κ3) is 3.02. The van der Waals surface area contributed by atoms with E-state index in [9.17, 15) is 12.8 Å². The highest BCUT2D eigenvalue weighted by molar-refractivity contribution is 7.92. The molecule has 6 nitrogen and oxygen atoms in total. The number of ether oxygens (including phenoxy) is 1. The number of halogens is 1. The summed E-state index contributed by atoms with van der Waals surface area (Å²) in [5.74, 6) is -0.126. The highest BCUT2D eigenvalue weighted by atomic mass is 32.2. The lowest BCUT2D eigenvalue weighted by Gasteiger charge is -2.09. The molecular weight excluding hydrogens is 285 g/mol. The monoisotopic (exact) mass is 297 g/mol. The lowest BCUT2D eigenvalue weighted by Crippen LogP contribution is -2.15. The Morgan fingerprint density at radius 1 is 1.25 bits per heavy atom. The van der Waals surface area contributed by atoms with Gasteiger partial charge in [-0.15, -0.1) is 0 Å². The summed E-state index contributed by atoms with van der Waals surface area (Å²) in [5.41, 5.74) is 0.151. The zero-order valence-electron chi connectivity index (χ0n) is 10.8. The van der Waals surface area contributed by atoms with Crippen molar-refractivity contribution in [2.75, 3.05) is 11.8 Å². The highest BCUT2D eigenvalue weighted by Crippen LogP contribution is 2.22. The first kappa shape index (κ1) is 14.2. The summed E-state index contributed by atoms with van der Waals surface area (Å²) in [6.07, 6.45) is 2.61. The molecule has 0 aliphatic carbocycles. The number of hydrogen-bond donors (Lipinski definition) is 1. The summed E-state index contributed by atoms with van der Waals surface area (Å²) in [7, 11) is -2.71. The zero-order chi connectivity index (χ0) is 14.8. The van der Waals surface area contributed by atoms with Crippen molar-refractivity contribution in [2.45, 2.75) is 11.8 Å². The molecule has 0 aliphatic heterocycles. The number of nitrogens with one attached hydrogen (secondary N) is 1. The van der Waals surface area contributed by atoms with Crippen LogP contribution in [0, 0.1) is 12.7 Å². The average molecular weight is 297 g/mol. The molecule has 2 aromatic rings. The number of sulfonamides is 1. The van der Waals surface area contributed by atoms with Gasteiger partial charge in [0.2, 0.25) is 0 Å². The molecule has 0 unspecified atom stereocenters. The van der Waals surface area contributed by atoms with Gasteiger partial charge in [-0.2, -0.15) is 0 Å². The molecule has 106 valence electrons. The van der Waals surface area contributed by atoms with Gasteiger partial charge in [0.15, 0.2) is 0 Å². The second-order valence-corrected chi connectivity index (χ2v) is 5.57. The molecule has 1 aromatic heterocycles. The van der Waals surface area contributed by atoms with E-state index in [1.54, 1.807) is 6.92 Å².